The van der Waals surface area contributed by atoms with E-state index in [1.54, 1.807) is 28.9 Å². The standard InChI is InChI=1S/C23H19ClN4O2/c1-2-30-20-13-11-19(12-14-20)28-22(16-7-6-8-17(24)15-16)26-21(27-28)23(29)25-18-9-4-3-5-10-18/h3-15H,2H2,1H3,(H,25,29). The molecule has 0 fully saturated rings. The number of rotatable bonds is 6. The van der Waals surface area contributed by atoms with Crippen molar-refractivity contribution in [1.82, 2.24) is 14.8 Å². The highest BCUT2D eigenvalue weighted by Crippen LogP contribution is 2.25. The zero-order valence-corrected chi connectivity index (χ0v) is 17.0. The molecule has 0 aliphatic heterocycles. The number of halogens is 1. The van der Waals surface area contributed by atoms with Crippen molar-refractivity contribution in [3.05, 3.63) is 89.7 Å². The second-order valence-corrected chi connectivity index (χ2v) is 6.86. The Labute approximate surface area is 179 Å². The largest absolute Gasteiger partial charge is 0.494 e. The van der Waals surface area contributed by atoms with E-state index in [4.69, 9.17) is 16.3 Å². The molecule has 4 aromatic rings. The van der Waals surface area contributed by atoms with Gasteiger partial charge in [0.15, 0.2) is 5.82 Å². The van der Waals surface area contributed by atoms with Crippen molar-refractivity contribution in [3.8, 4) is 22.8 Å². The molecule has 0 aliphatic carbocycles. The average Bonchev–Trinajstić information content (AvgIpc) is 3.21. The first-order chi connectivity index (χ1) is 14.6. The van der Waals surface area contributed by atoms with Gasteiger partial charge in [0.2, 0.25) is 5.82 Å². The predicted molar refractivity (Wildman–Crippen MR) is 117 cm³/mol. The fourth-order valence-electron chi connectivity index (χ4n) is 2.96. The molecular formula is C23H19ClN4O2. The fourth-order valence-corrected chi connectivity index (χ4v) is 3.15. The number of nitrogens with one attached hydrogen (secondary N) is 1. The van der Waals surface area contributed by atoms with Crippen LogP contribution in [0, 0.1) is 0 Å². The number of anilines is 1. The molecule has 0 unspecified atom stereocenters. The van der Waals surface area contributed by atoms with E-state index in [-0.39, 0.29) is 5.82 Å². The molecule has 1 heterocycles. The van der Waals surface area contributed by atoms with E-state index in [2.05, 4.69) is 15.4 Å². The molecule has 3 aromatic carbocycles. The summed E-state index contributed by atoms with van der Waals surface area (Å²) in [6.07, 6.45) is 0. The van der Waals surface area contributed by atoms with Crippen molar-refractivity contribution >= 4 is 23.2 Å². The number of amides is 1. The summed E-state index contributed by atoms with van der Waals surface area (Å²) in [6, 6.07) is 23.9. The van der Waals surface area contributed by atoms with Crippen LogP contribution in [0.25, 0.3) is 17.1 Å². The van der Waals surface area contributed by atoms with E-state index in [0.717, 1.165) is 17.0 Å². The summed E-state index contributed by atoms with van der Waals surface area (Å²) >= 11 is 6.17. The topological polar surface area (TPSA) is 69.0 Å². The van der Waals surface area contributed by atoms with Crippen LogP contribution in [0.3, 0.4) is 0 Å². The van der Waals surface area contributed by atoms with Gasteiger partial charge >= 0.3 is 0 Å². The van der Waals surface area contributed by atoms with Crippen LogP contribution in [0.2, 0.25) is 5.02 Å². The summed E-state index contributed by atoms with van der Waals surface area (Å²) < 4.78 is 7.14. The molecule has 30 heavy (non-hydrogen) atoms. The molecule has 6 nitrogen and oxygen atoms in total. The lowest BCUT2D eigenvalue weighted by molar-refractivity contribution is 0.101. The Morgan fingerprint density at radius 2 is 1.80 bits per heavy atom. The average molecular weight is 419 g/mol. The lowest BCUT2D eigenvalue weighted by Gasteiger charge is -2.08. The van der Waals surface area contributed by atoms with Crippen molar-refractivity contribution in [3.63, 3.8) is 0 Å². The monoisotopic (exact) mass is 418 g/mol. The van der Waals surface area contributed by atoms with Gasteiger partial charge in [-0.2, -0.15) is 0 Å². The molecular weight excluding hydrogens is 400 g/mol. The number of para-hydroxylation sites is 1. The molecule has 0 bridgehead atoms. The van der Waals surface area contributed by atoms with Crippen molar-refractivity contribution < 1.29 is 9.53 Å². The molecule has 1 aromatic heterocycles. The molecule has 0 saturated heterocycles. The predicted octanol–water partition coefficient (Wildman–Crippen LogP) is 5.24. The molecule has 0 spiro atoms. The molecule has 1 amide bonds. The van der Waals surface area contributed by atoms with Crippen LogP contribution in [-0.2, 0) is 0 Å². The van der Waals surface area contributed by atoms with Gasteiger partial charge in [0.1, 0.15) is 5.75 Å². The zero-order valence-electron chi connectivity index (χ0n) is 16.2. The van der Waals surface area contributed by atoms with E-state index >= 15 is 0 Å². The minimum absolute atomic E-state index is 0.0581. The highest BCUT2D eigenvalue weighted by atomic mass is 35.5. The van der Waals surface area contributed by atoms with E-state index in [9.17, 15) is 4.79 Å². The number of ether oxygens (including phenoxy) is 1. The van der Waals surface area contributed by atoms with Crippen LogP contribution in [0.4, 0.5) is 5.69 Å². The van der Waals surface area contributed by atoms with E-state index in [1.165, 1.54) is 0 Å². The normalized spacial score (nSPS) is 10.6. The number of nitrogens with zero attached hydrogens (tertiary/aromatic N) is 3. The molecule has 0 saturated carbocycles. The van der Waals surface area contributed by atoms with Crippen LogP contribution >= 0.6 is 11.6 Å². The van der Waals surface area contributed by atoms with Gasteiger partial charge in [0, 0.05) is 16.3 Å². The Hall–Kier alpha value is -3.64. The molecule has 0 radical (unpaired) electrons. The number of carbonyl (C=O) groups excluding carboxylic acids is 1. The molecule has 150 valence electrons. The van der Waals surface area contributed by atoms with Gasteiger partial charge in [-0.3, -0.25) is 4.79 Å². The summed E-state index contributed by atoms with van der Waals surface area (Å²) in [5.41, 5.74) is 2.17. The number of hydrogen-bond donors (Lipinski definition) is 1. The number of carbonyl (C=O) groups is 1. The SMILES string of the molecule is CCOc1ccc(-n2nc(C(=O)Nc3ccccc3)nc2-c2cccc(Cl)c2)cc1. The van der Waals surface area contributed by atoms with Crippen molar-refractivity contribution in [2.45, 2.75) is 6.92 Å². The second kappa shape index (κ2) is 8.80. The summed E-state index contributed by atoms with van der Waals surface area (Å²) in [7, 11) is 0. The molecule has 0 aliphatic rings. The number of aromatic nitrogens is 3. The van der Waals surface area contributed by atoms with Crippen molar-refractivity contribution in [1.29, 1.82) is 0 Å². The third-order valence-corrected chi connectivity index (χ3v) is 4.55. The van der Waals surface area contributed by atoms with Gasteiger partial charge in [0.05, 0.1) is 12.3 Å². The van der Waals surface area contributed by atoms with E-state index in [1.807, 2.05) is 61.5 Å². The maximum Gasteiger partial charge on any atom is 0.295 e. The first-order valence-electron chi connectivity index (χ1n) is 9.46. The quantitative estimate of drug-likeness (QED) is 0.465. The Kier molecular flexibility index (Phi) is 5.77. The van der Waals surface area contributed by atoms with Gasteiger partial charge in [-0.1, -0.05) is 41.9 Å². The van der Waals surface area contributed by atoms with Gasteiger partial charge in [-0.05, 0) is 55.5 Å². The third kappa shape index (κ3) is 4.34. The summed E-state index contributed by atoms with van der Waals surface area (Å²) in [6.45, 7) is 2.51. The summed E-state index contributed by atoms with van der Waals surface area (Å²) in [5, 5.41) is 7.86. The Morgan fingerprint density at radius 1 is 1.03 bits per heavy atom. The van der Waals surface area contributed by atoms with E-state index in [0.29, 0.717) is 23.1 Å². The molecule has 0 atom stereocenters. The van der Waals surface area contributed by atoms with Crippen LogP contribution < -0.4 is 10.1 Å². The lowest BCUT2D eigenvalue weighted by Crippen LogP contribution is -2.14. The van der Waals surface area contributed by atoms with Crippen LogP contribution in [0.15, 0.2) is 78.9 Å². The van der Waals surface area contributed by atoms with Gasteiger partial charge < -0.3 is 10.1 Å². The van der Waals surface area contributed by atoms with Gasteiger partial charge in [-0.15, -0.1) is 5.10 Å². The summed E-state index contributed by atoms with van der Waals surface area (Å²) in [5.74, 6) is 0.935. The number of benzene rings is 3. The van der Waals surface area contributed by atoms with Crippen LogP contribution in [0.5, 0.6) is 5.75 Å². The van der Waals surface area contributed by atoms with Crippen molar-refractivity contribution in [2.24, 2.45) is 0 Å². The highest BCUT2D eigenvalue weighted by molar-refractivity contribution is 6.30. The minimum atomic E-state index is -0.394. The summed E-state index contributed by atoms with van der Waals surface area (Å²) in [4.78, 5) is 17.3. The van der Waals surface area contributed by atoms with Crippen molar-refractivity contribution in [2.75, 3.05) is 11.9 Å². The molecule has 4 rings (SSSR count). The smallest absolute Gasteiger partial charge is 0.295 e. The highest BCUT2D eigenvalue weighted by Gasteiger charge is 2.19. The molecule has 7 heteroatoms. The number of hydrogen-bond acceptors (Lipinski definition) is 4. The van der Waals surface area contributed by atoms with Gasteiger partial charge in [-0.25, -0.2) is 9.67 Å². The second-order valence-electron chi connectivity index (χ2n) is 6.43. The van der Waals surface area contributed by atoms with Crippen LogP contribution in [0.1, 0.15) is 17.5 Å². The van der Waals surface area contributed by atoms with Gasteiger partial charge in [0.25, 0.3) is 5.91 Å². The zero-order chi connectivity index (χ0) is 20.9. The Morgan fingerprint density at radius 3 is 2.50 bits per heavy atom. The lowest BCUT2D eigenvalue weighted by atomic mass is 10.2. The Balaban J connectivity index is 1.74. The maximum absolute atomic E-state index is 12.8. The van der Waals surface area contributed by atoms with Crippen LogP contribution in [-0.4, -0.2) is 27.3 Å². The maximum atomic E-state index is 12.8. The fraction of sp³-hybridized carbons (Fsp3) is 0.0870. The first-order valence-corrected chi connectivity index (χ1v) is 9.84. The Bertz CT molecular complexity index is 1160. The third-order valence-electron chi connectivity index (χ3n) is 4.32. The molecule has 1 N–H and O–H groups in total. The van der Waals surface area contributed by atoms with E-state index < -0.39 is 5.91 Å². The first kappa shape index (κ1) is 19.7. The minimum Gasteiger partial charge on any atom is -0.494 e.